The summed E-state index contributed by atoms with van der Waals surface area (Å²) in [5.41, 5.74) is 1.55. The zero-order chi connectivity index (χ0) is 18.2. The highest BCUT2D eigenvalue weighted by atomic mass is 16.3. The summed E-state index contributed by atoms with van der Waals surface area (Å²) in [6.07, 6.45) is 7.31. The van der Waals surface area contributed by atoms with E-state index in [4.69, 9.17) is 4.42 Å². The van der Waals surface area contributed by atoms with Gasteiger partial charge in [0.25, 0.3) is 5.91 Å². The lowest BCUT2D eigenvalue weighted by Gasteiger charge is -2.28. The second kappa shape index (κ2) is 9.50. The first-order valence-electron chi connectivity index (χ1n) is 9.38. The van der Waals surface area contributed by atoms with Gasteiger partial charge in [-0.1, -0.05) is 12.5 Å². The first-order valence-corrected chi connectivity index (χ1v) is 9.38. The van der Waals surface area contributed by atoms with Crippen molar-refractivity contribution in [3.63, 3.8) is 0 Å². The van der Waals surface area contributed by atoms with E-state index in [0.717, 1.165) is 37.5 Å². The predicted octanol–water partition coefficient (Wildman–Crippen LogP) is 2.52. The molecule has 0 aliphatic carbocycles. The number of likely N-dealkylation sites (N-methyl/N-ethyl adjacent to an activating group) is 1. The van der Waals surface area contributed by atoms with Crippen molar-refractivity contribution < 1.29 is 9.21 Å². The third-order valence-electron chi connectivity index (χ3n) is 4.80. The summed E-state index contributed by atoms with van der Waals surface area (Å²) in [4.78, 5) is 21.1. The van der Waals surface area contributed by atoms with E-state index in [-0.39, 0.29) is 5.91 Å². The van der Waals surface area contributed by atoms with Crippen LogP contribution in [0.5, 0.6) is 0 Å². The third kappa shape index (κ3) is 5.41. The molecule has 0 radical (unpaired) electrons. The number of likely N-dealkylation sites (tertiary alicyclic amines) is 1. The number of hydrogen-bond acceptors (Lipinski definition) is 5. The van der Waals surface area contributed by atoms with Crippen LogP contribution in [0.1, 0.15) is 41.1 Å². The number of aromatic nitrogens is 1. The van der Waals surface area contributed by atoms with Gasteiger partial charge in [0.15, 0.2) is 0 Å². The largest absolute Gasteiger partial charge is 0.468 e. The molecule has 6 nitrogen and oxygen atoms in total. The highest BCUT2D eigenvalue weighted by molar-refractivity contribution is 5.92. The number of carbonyl (C=O) groups excluding carboxylic acids is 1. The van der Waals surface area contributed by atoms with Crippen molar-refractivity contribution in [1.29, 1.82) is 0 Å². The number of nitrogens with one attached hydrogen (secondary N) is 1. The molecule has 1 fully saturated rings. The van der Waals surface area contributed by atoms with Crippen LogP contribution in [0.3, 0.4) is 0 Å². The molecule has 0 saturated carbocycles. The fourth-order valence-electron chi connectivity index (χ4n) is 3.17. The van der Waals surface area contributed by atoms with E-state index in [9.17, 15) is 4.79 Å². The van der Waals surface area contributed by atoms with Crippen molar-refractivity contribution >= 4 is 5.91 Å². The van der Waals surface area contributed by atoms with Crippen molar-refractivity contribution in [3.05, 3.63) is 53.7 Å². The smallest absolute Gasteiger partial charge is 0.272 e. The molecule has 0 atom stereocenters. The second-order valence-electron chi connectivity index (χ2n) is 6.86. The molecule has 6 heteroatoms. The molecule has 0 unspecified atom stereocenters. The van der Waals surface area contributed by atoms with Crippen molar-refractivity contribution in [2.75, 3.05) is 33.2 Å². The lowest BCUT2D eigenvalue weighted by molar-refractivity contribution is 0.0767. The molecule has 2 aromatic rings. The molecule has 1 aliphatic rings. The van der Waals surface area contributed by atoms with Gasteiger partial charge in [0.05, 0.1) is 12.8 Å². The molecule has 1 saturated heterocycles. The quantitative estimate of drug-likeness (QED) is 0.787. The number of piperidine rings is 1. The average Bonchev–Trinajstić information content (AvgIpc) is 3.20. The van der Waals surface area contributed by atoms with Crippen LogP contribution in [0.15, 0.2) is 41.1 Å². The molecule has 1 aliphatic heterocycles. The lowest BCUT2D eigenvalue weighted by atomic mass is 10.1. The van der Waals surface area contributed by atoms with Gasteiger partial charge in [0, 0.05) is 32.9 Å². The van der Waals surface area contributed by atoms with Crippen LogP contribution in [-0.4, -0.2) is 53.9 Å². The normalized spacial score (nSPS) is 15.1. The Morgan fingerprint density at radius 1 is 1.23 bits per heavy atom. The molecule has 1 N–H and O–H groups in total. The number of rotatable bonds is 8. The fraction of sp³-hybridized carbons (Fsp3) is 0.500. The Balaban J connectivity index is 1.43. The van der Waals surface area contributed by atoms with Gasteiger partial charge in [-0.25, -0.2) is 0 Å². The summed E-state index contributed by atoms with van der Waals surface area (Å²) in [6.45, 7) is 5.35. The predicted molar refractivity (Wildman–Crippen MR) is 101 cm³/mol. The van der Waals surface area contributed by atoms with Crippen LogP contribution >= 0.6 is 0 Å². The maximum absolute atomic E-state index is 12.5. The van der Waals surface area contributed by atoms with Gasteiger partial charge in [-0.2, -0.15) is 0 Å². The van der Waals surface area contributed by atoms with Gasteiger partial charge in [-0.15, -0.1) is 0 Å². The maximum Gasteiger partial charge on any atom is 0.272 e. The van der Waals surface area contributed by atoms with Crippen molar-refractivity contribution in [2.24, 2.45) is 0 Å². The Bertz CT molecular complexity index is 664. The lowest BCUT2D eigenvalue weighted by Crippen LogP contribution is -2.38. The van der Waals surface area contributed by atoms with E-state index >= 15 is 0 Å². The topological polar surface area (TPSA) is 61.6 Å². The monoisotopic (exact) mass is 356 g/mol. The van der Waals surface area contributed by atoms with Crippen LogP contribution in [0, 0.1) is 0 Å². The number of hydrogen-bond donors (Lipinski definition) is 1. The molecule has 140 valence electrons. The van der Waals surface area contributed by atoms with Gasteiger partial charge < -0.3 is 19.5 Å². The Morgan fingerprint density at radius 3 is 2.77 bits per heavy atom. The van der Waals surface area contributed by atoms with Gasteiger partial charge in [0.1, 0.15) is 11.5 Å². The summed E-state index contributed by atoms with van der Waals surface area (Å²) < 4.78 is 5.28. The molecule has 3 heterocycles. The summed E-state index contributed by atoms with van der Waals surface area (Å²) in [6, 6.07) is 7.57. The van der Waals surface area contributed by atoms with Crippen molar-refractivity contribution in [1.82, 2.24) is 20.1 Å². The highest BCUT2D eigenvalue weighted by Crippen LogP contribution is 2.09. The van der Waals surface area contributed by atoms with Crippen molar-refractivity contribution in [2.45, 2.75) is 32.4 Å². The molecular weight excluding hydrogens is 328 g/mol. The van der Waals surface area contributed by atoms with Gasteiger partial charge in [0.2, 0.25) is 0 Å². The Labute approximate surface area is 155 Å². The van der Waals surface area contributed by atoms with E-state index in [0.29, 0.717) is 18.8 Å². The molecule has 0 bridgehead atoms. The van der Waals surface area contributed by atoms with Gasteiger partial charge in [-0.3, -0.25) is 9.78 Å². The minimum absolute atomic E-state index is 0.0166. The summed E-state index contributed by atoms with van der Waals surface area (Å²) >= 11 is 0. The van der Waals surface area contributed by atoms with E-state index < -0.39 is 0 Å². The van der Waals surface area contributed by atoms with Crippen LogP contribution in [0.4, 0.5) is 0 Å². The SMILES string of the molecule is CN(CCN1CCCCC1)C(=O)c1ccc(CNCc2ccco2)cn1. The molecular formula is C20H28N4O2. The highest BCUT2D eigenvalue weighted by Gasteiger charge is 2.15. The molecule has 3 rings (SSSR count). The Kier molecular flexibility index (Phi) is 6.80. The summed E-state index contributed by atoms with van der Waals surface area (Å²) in [5, 5.41) is 3.30. The fourth-order valence-corrected chi connectivity index (χ4v) is 3.17. The Morgan fingerprint density at radius 2 is 2.08 bits per heavy atom. The molecule has 0 spiro atoms. The third-order valence-corrected chi connectivity index (χ3v) is 4.80. The van der Waals surface area contributed by atoms with Crippen LogP contribution < -0.4 is 5.32 Å². The molecule has 2 aromatic heterocycles. The maximum atomic E-state index is 12.5. The van der Waals surface area contributed by atoms with Crippen LogP contribution in [0.2, 0.25) is 0 Å². The Hall–Kier alpha value is -2.18. The second-order valence-corrected chi connectivity index (χ2v) is 6.86. The van der Waals surface area contributed by atoms with Crippen LogP contribution in [-0.2, 0) is 13.1 Å². The number of carbonyl (C=O) groups is 1. The summed E-state index contributed by atoms with van der Waals surface area (Å²) in [7, 11) is 1.85. The first kappa shape index (κ1) is 18.6. The van der Waals surface area contributed by atoms with E-state index in [1.54, 1.807) is 17.4 Å². The molecule has 26 heavy (non-hydrogen) atoms. The first-order chi connectivity index (χ1) is 12.7. The number of furan rings is 1. The van der Waals surface area contributed by atoms with Crippen LogP contribution in [0.25, 0.3) is 0 Å². The van der Waals surface area contributed by atoms with E-state index in [2.05, 4.69) is 15.2 Å². The van der Waals surface area contributed by atoms with Crippen molar-refractivity contribution in [3.8, 4) is 0 Å². The zero-order valence-electron chi connectivity index (χ0n) is 15.5. The standard InChI is InChI=1S/C20H28N4O2/c1-23(11-12-24-9-3-2-4-10-24)20(25)19-8-7-17(15-22-19)14-21-16-18-6-5-13-26-18/h5-8,13,15,21H,2-4,9-12,14,16H2,1H3. The molecule has 1 amide bonds. The minimum Gasteiger partial charge on any atom is -0.468 e. The summed E-state index contributed by atoms with van der Waals surface area (Å²) in [5.74, 6) is 0.886. The van der Waals surface area contributed by atoms with E-state index in [1.165, 1.54) is 19.3 Å². The van der Waals surface area contributed by atoms with Gasteiger partial charge >= 0.3 is 0 Å². The average molecular weight is 356 g/mol. The number of amides is 1. The number of nitrogens with zero attached hydrogens (tertiary/aromatic N) is 3. The van der Waals surface area contributed by atoms with Gasteiger partial charge in [-0.05, 0) is 49.7 Å². The molecule has 0 aromatic carbocycles. The number of pyridine rings is 1. The minimum atomic E-state index is -0.0166. The zero-order valence-corrected chi connectivity index (χ0v) is 15.5. The van der Waals surface area contributed by atoms with E-state index in [1.807, 2.05) is 31.3 Å².